The summed E-state index contributed by atoms with van der Waals surface area (Å²) in [6.45, 7) is -0.574. The molecule has 0 atom stereocenters. The van der Waals surface area contributed by atoms with Crippen LogP contribution >= 0.6 is 11.6 Å². The first-order valence-corrected chi connectivity index (χ1v) is 4.29. The van der Waals surface area contributed by atoms with Crippen molar-refractivity contribution in [3.05, 3.63) is 23.2 Å². The highest BCUT2D eigenvalue weighted by atomic mass is 35.5. The van der Waals surface area contributed by atoms with Crippen LogP contribution in [0, 0.1) is 0 Å². The van der Waals surface area contributed by atoms with Gasteiger partial charge in [-0.3, -0.25) is 4.79 Å². The molecule has 0 spiro atoms. The van der Waals surface area contributed by atoms with Gasteiger partial charge >= 0.3 is 0 Å². The van der Waals surface area contributed by atoms with Gasteiger partial charge in [0, 0.05) is 5.02 Å². The average Bonchev–Trinajstić information content (AvgIpc) is 2.18. The standard InChI is InChI=1S/C9H10ClNO3/c1-14-8-3-2-6(10)4-7(8)11-9(13)5-12/h2-4,12H,5H2,1H3,(H,11,13). The molecule has 4 nitrogen and oxygen atoms in total. The van der Waals surface area contributed by atoms with Crippen LogP contribution in [0.5, 0.6) is 5.75 Å². The monoisotopic (exact) mass is 215 g/mol. The summed E-state index contributed by atoms with van der Waals surface area (Å²) < 4.78 is 4.99. The summed E-state index contributed by atoms with van der Waals surface area (Å²) in [5, 5.41) is 11.5. The Hall–Kier alpha value is -1.26. The molecule has 2 N–H and O–H groups in total. The fraction of sp³-hybridized carbons (Fsp3) is 0.222. The molecule has 0 saturated carbocycles. The lowest BCUT2D eigenvalue weighted by Crippen LogP contribution is -2.15. The molecule has 0 aliphatic rings. The number of amides is 1. The van der Waals surface area contributed by atoms with Crippen molar-refractivity contribution >= 4 is 23.2 Å². The summed E-state index contributed by atoms with van der Waals surface area (Å²) in [5.41, 5.74) is 0.444. The second-order valence-corrected chi connectivity index (χ2v) is 2.99. The number of nitrogens with one attached hydrogen (secondary N) is 1. The van der Waals surface area contributed by atoms with Crippen LogP contribution in [0.1, 0.15) is 0 Å². The highest BCUT2D eigenvalue weighted by Crippen LogP contribution is 2.27. The first kappa shape index (κ1) is 10.8. The van der Waals surface area contributed by atoms with Gasteiger partial charge < -0.3 is 15.2 Å². The summed E-state index contributed by atoms with van der Waals surface area (Å²) in [6, 6.07) is 4.83. The fourth-order valence-corrected chi connectivity index (χ4v) is 1.14. The molecule has 0 unspecified atom stereocenters. The van der Waals surface area contributed by atoms with Crippen LogP contribution in [0.4, 0.5) is 5.69 Å². The Morgan fingerprint density at radius 2 is 2.36 bits per heavy atom. The van der Waals surface area contributed by atoms with Gasteiger partial charge in [-0.2, -0.15) is 0 Å². The lowest BCUT2D eigenvalue weighted by atomic mass is 10.3. The van der Waals surface area contributed by atoms with E-state index in [1.807, 2.05) is 0 Å². The van der Waals surface area contributed by atoms with Gasteiger partial charge in [-0.25, -0.2) is 0 Å². The average molecular weight is 216 g/mol. The molecule has 0 heterocycles. The number of aliphatic hydroxyl groups excluding tert-OH is 1. The van der Waals surface area contributed by atoms with Crippen LogP contribution in [-0.2, 0) is 4.79 Å². The maximum absolute atomic E-state index is 10.9. The maximum atomic E-state index is 10.9. The third kappa shape index (κ3) is 2.61. The molecule has 14 heavy (non-hydrogen) atoms. The molecule has 0 radical (unpaired) electrons. The molecule has 1 aromatic rings. The lowest BCUT2D eigenvalue weighted by molar-refractivity contribution is -0.118. The van der Waals surface area contributed by atoms with Crippen LogP contribution in [-0.4, -0.2) is 24.7 Å². The Morgan fingerprint density at radius 3 is 2.93 bits per heavy atom. The van der Waals surface area contributed by atoms with Crippen LogP contribution in [0.25, 0.3) is 0 Å². The minimum atomic E-state index is -0.574. The van der Waals surface area contributed by atoms with Gasteiger partial charge in [0.2, 0.25) is 5.91 Å². The number of carbonyl (C=O) groups is 1. The van der Waals surface area contributed by atoms with E-state index in [0.29, 0.717) is 16.5 Å². The quantitative estimate of drug-likeness (QED) is 0.799. The van der Waals surface area contributed by atoms with E-state index in [9.17, 15) is 4.79 Å². The minimum absolute atomic E-state index is 0.444. The molecule has 5 heteroatoms. The second-order valence-electron chi connectivity index (χ2n) is 2.55. The summed E-state index contributed by atoms with van der Waals surface area (Å²) in [4.78, 5) is 10.9. The number of aliphatic hydroxyl groups is 1. The van der Waals surface area contributed by atoms with E-state index >= 15 is 0 Å². The molecule has 76 valence electrons. The molecular weight excluding hydrogens is 206 g/mol. The van der Waals surface area contributed by atoms with Crippen LogP contribution in [0.2, 0.25) is 5.02 Å². The fourth-order valence-electron chi connectivity index (χ4n) is 0.968. The smallest absolute Gasteiger partial charge is 0.250 e. The zero-order valence-corrected chi connectivity index (χ0v) is 8.34. The number of hydrogen-bond donors (Lipinski definition) is 2. The normalized spacial score (nSPS) is 9.64. The van der Waals surface area contributed by atoms with Gasteiger partial charge in [-0.15, -0.1) is 0 Å². The predicted molar refractivity (Wildman–Crippen MR) is 53.7 cm³/mol. The number of ether oxygens (including phenoxy) is 1. The number of rotatable bonds is 3. The number of carbonyl (C=O) groups excluding carboxylic acids is 1. The number of methoxy groups -OCH3 is 1. The SMILES string of the molecule is COc1ccc(Cl)cc1NC(=O)CO. The summed E-state index contributed by atoms with van der Waals surface area (Å²) >= 11 is 5.73. The highest BCUT2D eigenvalue weighted by molar-refractivity contribution is 6.31. The van der Waals surface area contributed by atoms with E-state index < -0.39 is 12.5 Å². The van der Waals surface area contributed by atoms with Gasteiger partial charge in [-0.1, -0.05) is 11.6 Å². The molecule has 0 aromatic heterocycles. The number of benzene rings is 1. The van der Waals surface area contributed by atoms with Crippen molar-refractivity contribution in [1.82, 2.24) is 0 Å². The largest absolute Gasteiger partial charge is 0.495 e. The Labute approximate surface area is 86.4 Å². The molecular formula is C9H10ClNO3. The van der Waals surface area contributed by atoms with E-state index in [1.54, 1.807) is 18.2 Å². The van der Waals surface area contributed by atoms with Crippen molar-refractivity contribution in [2.24, 2.45) is 0 Å². The lowest BCUT2D eigenvalue weighted by Gasteiger charge is -2.09. The van der Waals surface area contributed by atoms with Gasteiger partial charge in [0.05, 0.1) is 12.8 Å². The van der Waals surface area contributed by atoms with Crippen molar-refractivity contribution in [3.8, 4) is 5.75 Å². The first-order chi connectivity index (χ1) is 6.67. The molecule has 1 rings (SSSR count). The van der Waals surface area contributed by atoms with Crippen molar-refractivity contribution in [2.45, 2.75) is 0 Å². The second kappa shape index (κ2) is 4.83. The van der Waals surface area contributed by atoms with Crippen molar-refractivity contribution < 1.29 is 14.6 Å². The van der Waals surface area contributed by atoms with Gasteiger partial charge in [0.15, 0.2) is 0 Å². The van der Waals surface area contributed by atoms with Gasteiger partial charge in [0.25, 0.3) is 0 Å². The molecule has 0 bridgehead atoms. The number of halogens is 1. The Kier molecular flexibility index (Phi) is 3.73. The van der Waals surface area contributed by atoms with Crippen molar-refractivity contribution in [3.63, 3.8) is 0 Å². The maximum Gasteiger partial charge on any atom is 0.250 e. The van der Waals surface area contributed by atoms with Gasteiger partial charge in [0.1, 0.15) is 12.4 Å². The molecule has 0 fully saturated rings. The summed E-state index contributed by atoms with van der Waals surface area (Å²) in [5.74, 6) is -0.0123. The van der Waals surface area contributed by atoms with E-state index in [0.717, 1.165) is 0 Å². The molecule has 1 amide bonds. The highest BCUT2D eigenvalue weighted by Gasteiger charge is 2.06. The third-order valence-corrected chi connectivity index (χ3v) is 1.81. The topological polar surface area (TPSA) is 58.6 Å². The summed E-state index contributed by atoms with van der Waals surface area (Å²) in [6.07, 6.45) is 0. The first-order valence-electron chi connectivity index (χ1n) is 3.91. The Morgan fingerprint density at radius 1 is 1.64 bits per heavy atom. The van der Waals surface area contributed by atoms with Crippen LogP contribution in [0.15, 0.2) is 18.2 Å². The van der Waals surface area contributed by atoms with Crippen LogP contribution in [0.3, 0.4) is 0 Å². The predicted octanol–water partition coefficient (Wildman–Crippen LogP) is 1.28. The minimum Gasteiger partial charge on any atom is -0.495 e. The zero-order valence-electron chi connectivity index (χ0n) is 7.58. The van der Waals surface area contributed by atoms with Crippen LogP contribution < -0.4 is 10.1 Å². The third-order valence-electron chi connectivity index (χ3n) is 1.58. The zero-order chi connectivity index (χ0) is 10.6. The van der Waals surface area contributed by atoms with Gasteiger partial charge in [-0.05, 0) is 18.2 Å². The Bertz CT molecular complexity index is 341. The van der Waals surface area contributed by atoms with E-state index in [4.69, 9.17) is 21.4 Å². The number of anilines is 1. The molecule has 1 aromatic carbocycles. The number of hydrogen-bond acceptors (Lipinski definition) is 3. The van der Waals surface area contributed by atoms with E-state index in [2.05, 4.69) is 5.32 Å². The van der Waals surface area contributed by atoms with E-state index in [-0.39, 0.29) is 0 Å². The molecule has 0 saturated heterocycles. The molecule has 0 aliphatic carbocycles. The molecule has 0 aliphatic heterocycles. The van der Waals surface area contributed by atoms with E-state index in [1.165, 1.54) is 7.11 Å². The van der Waals surface area contributed by atoms with Crippen molar-refractivity contribution in [1.29, 1.82) is 0 Å². The Balaban J connectivity index is 2.93. The van der Waals surface area contributed by atoms with Crippen molar-refractivity contribution in [2.75, 3.05) is 19.0 Å². The summed E-state index contributed by atoms with van der Waals surface area (Å²) in [7, 11) is 1.48.